The van der Waals surface area contributed by atoms with E-state index in [1.165, 1.54) is 12.7 Å². The van der Waals surface area contributed by atoms with E-state index in [1.54, 1.807) is 6.07 Å². The van der Waals surface area contributed by atoms with Crippen molar-refractivity contribution in [1.82, 2.24) is 9.80 Å². The van der Waals surface area contributed by atoms with Crippen molar-refractivity contribution < 1.29 is 18.7 Å². The normalized spacial score (nSPS) is 11.0. The zero-order chi connectivity index (χ0) is 25.0. The zero-order valence-corrected chi connectivity index (χ0v) is 21.0. The number of furan rings is 1. The van der Waals surface area contributed by atoms with Crippen molar-refractivity contribution in [2.24, 2.45) is 0 Å². The van der Waals surface area contributed by atoms with Crippen LogP contribution < -0.4 is 0 Å². The molecule has 6 nitrogen and oxygen atoms in total. The van der Waals surface area contributed by atoms with Crippen LogP contribution in [-0.2, 0) is 29.0 Å². The predicted molar refractivity (Wildman–Crippen MR) is 137 cm³/mol. The van der Waals surface area contributed by atoms with Gasteiger partial charge >= 0.3 is 5.97 Å². The second-order valence-corrected chi connectivity index (χ2v) is 8.82. The third-order valence-corrected chi connectivity index (χ3v) is 5.95. The van der Waals surface area contributed by atoms with E-state index in [0.717, 1.165) is 42.9 Å². The minimum absolute atomic E-state index is 0.0650. The van der Waals surface area contributed by atoms with E-state index >= 15 is 0 Å². The lowest BCUT2D eigenvalue weighted by Crippen LogP contribution is -2.41. The summed E-state index contributed by atoms with van der Waals surface area (Å²) < 4.78 is 10.6. The molecule has 1 heterocycles. The van der Waals surface area contributed by atoms with Gasteiger partial charge in [0, 0.05) is 13.1 Å². The number of rotatable bonds is 13. The predicted octanol–water partition coefficient (Wildman–Crippen LogP) is 5.25. The average Bonchev–Trinajstić information content (AvgIpc) is 3.29. The average molecular weight is 477 g/mol. The lowest BCUT2D eigenvalue weighted by molar-refractivity contribution is -0.133. The summed E-state index contributed by atoms with van der Waals surface area (Å²) in [5, 5.41) is 0. The van der Waals surface area contributed by atoms with Gasteiger partial charge in [-0.05, 0) is 61.7 Å². The first kappa shape index (κ1) is 26.2. The Kier molecular flexibility index (Phi) is 10.1. The maximum Gasteiger partial charge on any atom is 0.337 e. The molecule has 0 bridgehead atoms. The first-order valence-electron chi connectivity index (χ1n) is 12.2. The lowest BCUT2D eigenvalue weighted by atomic mass is 10.1. The molecule has 3 rings (SSSR count). The van der Waals surface area contributed by atoms with Gasteiger partial charge in [-0.1, -0.05) is 55.8 Å². The van der Waals surface area contributed by atoms with E-state index in [-0.39, 0.29) is 11.9 Å². The molecular formula is C29H36N2O4. The van der Waals surface area contributed by atoms with Gasteiger partial charge in [0.15, 0.2) is 0 Å². The quantitative estimate of drug-likeness (QED) is 0.315. The first-order chi connectivity index (χ1) is 17.0. The van der Waals surface area contributed by atoms with Crippen LogP contribution in [-0.4, -0.2) is 48.4 Å². The van der Waals surface area contributed by atoms with Crippen LogP contribution in [0, 0.1) is 6.92 Å². The summed E-state index contributed by atoms with van der Waals surface area (Å²) in [7, 11) is 1.38. The monoisotopic (exact) mass is 476 g/mol. The molecule has 0 aliphatic heterocycles. The molecule has 0 unspecified atom stereocenters. The van der Waals surface area contributed by atoms with E-state index in [0.29, 0.717) is 31.7 Å². The Morgan fingerprint density at radius 2 is 1.69 bits per heavy atom. The molecule has 0 atom stereocenters. The maximum absolute atomic E-state index is 13.5. The van der Waals surface area contributed by atoms with Crippen LogP contribution in [0.1, 0.15) is 52.8 Å². The van der Waals surface area contributed by atoms with Gasteiger partial charge in [0.2, 0.25) is 5.91 Å². The van der Waals surface area contributed by atoms with Crippen molar-refractivity contribution in [3.05, 3.63) is 94.9 Å². The van der Waals surface area contributed by atoms with Gasteiger partial charge in [-0.3, -0.25) is 9.69 Å². The molecule has 186 valence electrons. The number of ether oxygens (including phenoxy) is 1. The Bertz CT molecular complexity index is 1080. The molecule has 35 heavy (non-hydrogen) atoms. The Morgan fingerprint density at radius 1 is 0.914 bits per heavy atom. The molecule has 0 aliphatic rings. The van der Waals surface area contributed by atoms with Crippen LogP contribution in [0.3, 0.4) is 0 Å². The van der Waals surface area contributed by atoms with Crippen molar-refractivity contribution in [2.45, 2.75) is 46.2 Å². The van der Waals surface area contributed by atoms with Gasteiger partial charge in [0.1, 0.15) is 11.5 Å². The van der Waals surface area contributed by atoms with Crippen molar-refractivity contribution in [3.8, 4) is 0 Å². The summed E-state index contributed by atoms with van der Waals surface area (Å²) >= 11 is 0. The second kappa shape index (κ2) is 13.5. The van der Waals surface area contributed by atoms with Crippen LogP contribution in [0.4, 0.5) is 0 Å². The number of nitrogens with zero attached hydrogens (tertiary/aromatic N) is 2. The number of benzene rings is 2. The Labute approximate surface area is 208 Å². The van der Waals surface area contributed by atoms with Crippen molar-refractivity contribution in [2.75, 3.05) is 26.7 Å². The highest BCUT2D eigenvalue weighted by Crippen LogP contribution is 2.14. The number of carbonyl (C=O) groups is 2. The Hall–Kier alpha value is -3.38. The van der Waals surface area contributed by atoms with E-state index in [1.807, 2.05) is 60.4 Å². The summed E-state index contributed by atoms with van der Waals surface area (Å²) in [6.45, 7) is 6.80. The molecule has 1 aromatic heterocycles. The third-order valence-electron chi connectivity index (χ3n) is 5.95. The SMILES string of the molecule is CCCCN(CC(=O)N(CCc1ccccc1)Cc1ccc(C)o1)Cc1cccc(C(=O)OC)c1. The van der Waals surface area contributed by atoms with Gasteiger partial charge < -0.3 is 14.1 Å². The van der Waals surface area contributed by atoms with E-state index in [2.05, 4.69) is 24.0 Å². The fourth-order valence-electron chi connectivity index (χ4n) is 4.02. The van der Waals surface area contributed by atoms with Gasteiger partial charge in [0.05, 0.1) is 25.8 Å². The smallest absolute Gasteiger partial charge is 0.337 e. The molecule has 0 spiro atoms. The van der Waals surface area contributed by atoms with Crippen LogP contribution >= 0.6 is 0 Å². The van der Waals surface area contributed by atoms with Crippen LogP contribution in [0.5, 0.6) is 0 Å². The highest BCUT2D eigenvalue weighted by atomic mass is 16.5. The standard InChI is InChI=1S/C29H36N2O4/c1-4-5-17-30(20-25-12-9-13-26(19-25)29(33)34-3)22-28(32)31(21-27-15-14-23(2)35-27)18-16-24-10-7-6-8-11-24/h6-15,19H,4-5,16-18,20-22H2,1-3H3. The number of hydrogen-bond donors (Lipinski definition) is 0. The minimum atomic E-state index is -0.358. The Morgan fingerprint density at radius 3 is 2.37 bits per heavy atom. The van der Waals surface area contributed by atoms with Gasteiger partial charge in [-0.2, -0.15) is 0 Å². The lowest BCUT2D eigenvalue weighted by Gasteiger charge is -2.27. The molecule has 0 N–H and O–H groups in total. The number of carbonyl (C=O) groups excluding carboxylic acids is 2. The van der Waals surface area contributed by atoms with E-state index in [4.69, 9.17) is 9.15 Å². The molecule has 0 aliphatic carbocycles. The summed E-state index contributed by atoms with van der Waals surface area (Å²) in [5.41, 5.74) is 2.70. The molecular weight excluding hydrogens is 440 g/mol. The number of esters is 1. The summed E-state index contributed by atoms with van der Waals surface area (Å²) in [5.74, 6) is 1.33. The van der Waals surface area contributed by atoms with Crippen LogP contribution in [0.15, 0.2) is 71.1 Å². The van der Waals surface area contributed by atoms with Gasteiger partial charge in [-0.15, -0.1) is 0 Å². The van der Waals surface area contributed by atoms with Crippen molar-refractivity contribution in [1.29, 1.82) is 0 Å². The van der Waals surface area contributed by atoms with E-state index < -0.39 is 0 Å². The van der Waals surface area contributed by atoms with E-state index in [9.17, 15) is 9.59 Å². The number of unbranched alkanes of at least 4 members (excludes halogenated alkanes) is 1. The second-order valence-electron chi connectivity index (χ2n) is 8.82. The largest absolute Gasteiger partial charge is 0.465 e. The molecule has 0 fully saturated rings. The van der Waals surface area contributed by atoms with Gasteiger partial charge in [-0.25, -0.2) is 4.79 Å². The fourth-order valence-corrected chi connectivity index (χ4v) is 4.02. The van der Waals surface area contributed by atoms with Gasteiger partial charge in [0.25, 0.3) is 0 Å². The highest BCUT2D eigenvalue weighted by Gasteiger charge is 2.20. The minimum Gasteiger partial charge on any atom is -0.465 e. The maximum atomic E-state index is 13.5. The highest BCUT2D eigenvalue weighted by molar-refractivity contribution is 5.89. The summed E-state index contributed by atoms with van der Waals surface area (Å²) in [4.78, 5) is 29.5. The molecule has 3 aromatic rings. The van der Waals surface area contributed by atoms with Crippen molar-refractivity contribution >= 4 is 11.9 Å². The molecule has 0 saturated carbocycles. The molecule has 0 radical (unpaired) electrons. The zero-order valence-electron chi connectivity index (χ0n) is 21.0. The number of aryl methyl sites for hydroxylation is 1. The molecule has 2 aromatic carbocycles. The summed E-state index contributed by atoms with van der Waals surface area (Å²) in [6.07, 6.45) is 2.81. The molecule has 1 amide bonds. The number of methoxy groups -OCH3 is 1. The van der Waals surface area contributed by atoms with Crippen LogP contribution in [0.2, 0.25) is 0 Å². The molecule has 0 saturated heterocycles. The van der Waals surface area contributed by atoms with Crippen molar-refractivity contribution in [3.63, 3.8) is 0 Å². The third kappa shape index (κ3) is 8.41. The molecule has 6 heteroatoms. The fraction of sp³-hybridized carbons (Fsp3) is 0.379. The summed E-state index contributed by atoms with van der Waals surface area (Å²) in [6, 6.07) is 21.5. The topological polar surface area (TPSA) is 63.0 Å². The number of amides is 1. The van der Waals surface area contributed by atoms with Crippen LogP contribution in [0.25, 0.3) is 0 Å². The Balaban J connectivity index is 1.73. The first-order valence-corrected chi connectivity index (χ1v) is 12.2. The number of hydrogen-bond acceptors (Lipinski definition) is 5.